The van der Waals surface area contributed by atoms with Crippen molar-refractivity contribution in [3.05, 3.63) is 0 Å². The molecular weight excluding hydrogens is 204 g/mol. The minimum atomic E-state index is -1.37. The minimum absolute atomic E-state index is 0.327. The second kappa shape index (κ2) is 3.29. The molecular formula is C9H12O6. The largest absolute Gasteiger partial charge is 0.506 e. The Morgan fingerprint density at radius 3 is 2.53 bits per heavy atom. The maximum absolute atomic E-state index is 10.5. The van der Waals surface area contributed by atoms with Crippen LogP contribution in [0.1, 0.15) is 25.7 Å². The standard InChI is InChI=1S/C9H12O6/c10-7(11)14-6-3-5-1-2-9(6,4-5)15-8(12)13/h5-6H,1-4H2,(H,10,11)(H,12,13). The van der Waals surface area contributed by atoms with Crippen molar-refractivity contribution in [2.45, 2.75) is 37.4 Å². The van der Waals surface area contributed by atoms with E-state index in [4.69, 9.17) is 14.9 Å². The normalized spacial score (nSPS) is 37.6. The van der Waals surface area contributed by atoms with E-state index in [2.05, 4.69) is 4.74 Å². The molecule has 15 heavy (non-hydrogen) atoms. The lowest BCUT2D eigenvalue weighted by Gasteiger charge is -2.31. The van der Waals surface area contributed by atoms with Gasteiger partial charge in [0.2, 0.25) is 0 Å². The van der Waals surface area contributed by atoms with Crippen LogP contribution in [0.5, 0.6) is 0 Å². The summed E-state index contributed by atoms with van der Waals surface area (Å²) in [6.45, 7) is 0. The van der Waals surface area contributed by atoms with Crippen molar-refractivity contribution in [1.29, 1.82) is 0 Å². The van der Waals surface area contributed by atoms with E-state index >= 15 is 0 Å². The maximum Gasteiger partial charge on any atom is 0.506 e. The van der Waals surface area contributed by atoms with E-state index in [0.29, 0.717) is 25.2 Å². The van der Waals surface area contributed by atoms with E-state index < -0.39 is 24.0 Å². The predicted molar refractivity (Wildman–Crippen MR) is 46.7 cm³/mol. The van der Waals surface area contributed by atoms with E-state index in [1.807, 2.05) is 0 Å². The summed E-state index contributed by atoms with van der Waals surface area (Å²) in [6, 6.07) is 0. The van der Waals surface area contributed by atoms with Crippen molar-refractivity contribution in [3.63, 3.8) is 0 Å². The molecule has 6 nitrogen and oxygen atoms in total. The van der Waals surface area contributed by atoms with Gasteiger partial charge in [-0.3, -0.25) is 0 Å². The second-order valence-corrected chi connectivity index (χ2v) is 4.15. The van der Waals surface area contributed by atoms with Crippen molar-refractivity contribution < 1.29 is 29.3 Å². The minimum Gasteiger partial charge on any atom is -0.450 e. The molecule has 0 radical (unpaired) electrons. The first-order valence-electron chi connectivity index (χ1n) is 4.83. The fourth-order valence-electron chi connectivity index (χ4n) is 2.76. The third kappa shape index (κ3) is 1.71. The fourth-order valence-corrected chi connectivity index (χ4v) is 2.76. The molecule has 2 aliphatic carbocycles. The third-order valence-electron chi connectivity index (χ3n) is 3.28. The molecule has 2 fully saturated rings. The summed E-state index contributed by atoms with van der Waals surface area (Å²) in [5.74, 6) is 0.327. The zero-order valence-electron chi connectivity index (χ0n) is 8.01. The van der Waals surface area contributed by atoms with Gasteiger partial charge in [0.25, 0.3) is 0 Å². The van der Waals surface area contributed by atoms with E-state index in [1.54, 1.807) is 0 Å². The molecule has 6 heteroatoms. The second-order valence-electron chi connectivity index (χ2n) is 4.15. The quantitative estimate of drug-likeness (QED) is 0.682. The van der Waals surface area contributed by atoms with Crippen LogP contribution < -0.4 is 0 Å². The lowest BCUT2D eigenvalue weighted by molar-refractivity contribution is -0.0937. The molecule has 0 spiro atoms. The van der Waals surface area contributed by atoms with Crippen LogP contribution in [0.15, 0.2) is 0 Å². The molecule has 0 amide bonds. The number of carboxylic acid groups (broad SMARTS) is 2. The molecule has 84 valence electrons. The van der Waals surface area contributed by atoms with Crippen molar-refractivity contribution in [2.24, 2.45) is 5.92 Å². The van der Waals surface area contributed by atoms with Crippen molar-refractivity contribution in [1.82, 2.24) is 0 Å². The van der Waals surface area contributed by atoms with E-state index in [1.165, 1.54) is 0 Å². The molecule has 0 aromatic heterocycles. The Bertz CT molecular complexity index is 301. The average Bonchev–Trinajstić information content (AvgIpc) is 2.58. The van der Waals surface area contributed by atoms with Crippen LogP contribution >= 0.6 is 0 Å². The SMILES string of the molecule is O=C(O)OC1CC2CCC1(OC(=O)O)C2. The average molecular weight is 216 g/mol. The summed E-state index contributed by atoms with van der Waals surface area (Å²) in [4.78, 5) is 21.0. The lowest BCUT2D eigenvalue weighted by atomic mass is 9.94. The van der Waals surface area contributed by atoms with Gasteiger partial charge in [-0.05, 0) is 31.6 Å². The Labute approximate surface area is 85.8 Å². The first kappa shape index (κ1) is 10.1. The van der Waals surface area contributed by atoms with Crippen molar-refractivity contribution >= 4 is 12.3 Å². The maximum atomic E-state index is 10.5. The molecule has 0 aromatic carbocycles. The fraction of sp³-hybridized carbons (Fsp3) is 0.778. The Morgan fingerprint density at radius 1 is 1.27 bits per heavy atom. The molecule has 0 aliphatic heterocycles. The van der Waals surface area contributed by atoms with E-state index in [-0.39, 0.29) is 0 Å². The van der Waals surface area contributed by atoms with Gasteiger partial charge in [-0.1, -0.05) is 0 Å². The van der Waals surface area contributed by atoms with Crippen LogP contribution in [0.2, 0.25) is 0 Å². The van der Waals surface area contributed by atoms with Crippen molar-refractivity contribution in [3.8, 4) is 0 Å². The van der Waals surface area contributed by atoms with Gasteiger partial charge >= 0.3 is 12.3 Å². The molecule has 2 aliphatic rings. The number of ether oxygens (including phenoxy) is 2. The number of rotatable bonds is 2. The molecule has 2 saturated carbocycles. The third-order valence-corrected chi connectivity index (χ3v) is 3.28. The highest BCUT2D eigenvalue weighted by molar-refractivity contribution is 5.59. The monoisotopic (exact) mass is 216 g/mol. The summed E-state index contributed by atoms with van der Waals surface area (Å²) in [7, 11) is 0. The lowest BCUT2D eigenvalue weighted by Crippen LogP contribution is -2.43. The molecule has 0 aromatic rings. The molecule has 0 heterocycles. The van der Waals surface area contributed by atoms with Crippen LogP contribution in [0.25, 0.3) is 0 Å². The van der Waals surface area contributed by atoms with Gasteiger partial charge in [-0.2, -0.15) is 0 Å². The number of hydrogen-bond donors (Lipinski definition) is 2. The van der Waals surface area contributed by atoms with Crippen LogP contribution in [-0.4, -0.2) is 34.2 Å². The number of fused-ring (bicyclic) bond motifs is 2. The Balaban J connectivity index is 2.11. The van der Waals surface area contributed by atoms with E-state index in [9.17, 15) is 9.59 Å². The van der Waals surface area contributed by atoms with E-state index in [0.717, 1.165) is 6.42 Å². The van der Waals surface area contributed by atoms with Gasteiger partial charge in [-0.25, -0.2) is 9.59 Å². The number of hydrogen-bond acceptors (Lipinski definition) is 4. The van der Waals surface area contributed by atoms with Crippen LogP contribution in [-0.2, 0) is 9.47 Å². The molecule has 2 bridgehead atoms. The highest BCUT2D eigenvalue weighted by atomic mass is 16.7. The molecule has 2 rings (SSSR count). The van der Waals surface area contributed by atoms with Crippen LogP contribution in [0, 0.1) is 5.92 Å². The molecule has 3 unspecified atom stereocenters. The molecule has 2 N–H and O–H groups in total. The Kier molecular flexibility index (Phi) is 2.21. The van der Waals surface area contributed by atoms with Crippen LogP contribution in [0.3, 0.4) is 0 Å². The number of carbonyl (C=O) groups is 2. The highest BCUT2D eigenvalue weighted by Crippen LogP contribution is 2.51. The summed E-state index contributed by atoms with van der Waals surface area (Å²) in [5.41, 5.74) is -0.922. The van der Waals surface area contributed by atoms with Gasteiger partial charge in [0.1, 0.15) is 6.10 Å². The predicted octanol–water partition coefficient (Wildman–Crippen LogP) is 1.69. The van der Waals surface area contributed by atoms with Crippen LogP contribution in [0.4, 0.5) is 9.59 Å². The van der Waals surface area contributed by atoms with Gasteiger partial charge in [0.15, 0.2) is 5.60 Å². The summed E-state index contributed by atoms with van der Waals surface area (Å²) >= 11 is 0. The summed E-state index contributed by atoms with van der Waals surface area (Å²) in [6.07, 6.45) is -0.784. The zero-order chi connectivity index (χ0) is 11.1. The summed E-state index contributed by atoms with van der Waals surface area (Å²) in [5, 5.41) is 17.1. The Hall–Kier alpha value is -1.46. The molecule has 0 saturated heterocycles. The zero-order valence-corrected chi connectivity index (χ0v) is 8.01. The van der Waals surface area contributed by atoms with Crippen molar-refractivity contribution in [2.75, 3.05) is 0 Å². The van der Waals surface area contributed by atoms with Gasteiger partial charge in [0.05, 0.1) is 0 Å². The first-order chi connectivity index (χ1) is 7.02. The smallest absolute Gasteiger partial charge is 0.450 e. The molecule has 3 atom stereocenters. The highest BCUT2D eigenvalue weighted by Gasteiger charge is 2.57. The van der Waals surface area contributed by atoms with Gasteiger partial charge < -0.3 is 19.7 Å². The van der Waals surface area contributed by atoms with Gasteiger partial charge in [-0.15, -0.1) is 0 Å². The summed E-state index contributed by atoms with van der Waals surface area (Å²) < 4.78 is 9.51. The first-order valence-corrected chi connectivity index (χ1v) is 4.83. The Morgan fingerprint density at radius 2 is 2.00 bits per heavy atom. The topological polar surface area (TPSA) is 93.1 Å². The van der Waals surface area contributed by atoms with Gasteiger partial charge in [0, 0.05) is 0 Å².